The van der Waals surface area contributed by atoms with Gasteiger partial charge in [-0.25, -0.2) is 4.98 Å². The minimum atomic E-state index is -4.70. The Kier molecular flexibility index (Phi) is 5.42. The van der Waals surface area contributed by atoms with Crippen LogP contribution in [0.1, 0.15) is 29.5 Å². The van der Waals surface area contributed by atoms with Crippen LogP contribution in [0.25, 0.3) is 11.3 Å². The Hall–Kier alpha value is -2.53. The number of benzene rings is 1. The second kappa shape index (κ2) is 7.61. The van der Waals surface area contributed by atoms with Gasteiger partial charge >= 0.3 is 6.18 Å². The molecule has 140 valence electrons. The number of nitrogens with zero attached hydrogens (tertiary/aromatic N) is 2. The zero-order chi connectivity index (χ0) is 19.6. The molecule has 27 heavy (non-hydrogen) atoms. The van der Waals surface area contributed by atoms with Crippen LogP contribution in [0.4, 0.5) is 13.2 Å². The van der Waals surface area contributed by atoms with Gasteiger partial charge in [-0.1, -0.05) is 41.6 Å². The maximum absolute atomic E-state index is 13.5. The van der Waals surface area contributed by atoms with Crippen LogP contribution in [-0.2, 0) is 11.0 Å². The summed E-state index contributed by atoms with van der Waals surface area (Å²) in [5.74, 6) is -0.366. The Morgan fingerprint density at radius 3 is 2.56 bits per heavy atom. The van der Waals surface area contributed by atoms with Gasteiger partial charge in [0.15, 0.2) is 0 Å². The Morgan fingerprint density at radius 1 is 1.33 bits per heavy atom. The van der Waals surface area contributed by atoms with Gasteiger partial charge in [-0.05, 0) is 25.8 Å². The van der Waals surface area contributed by atoms with Crippen LogP contribution in [-0.4, -0.2) is 22.7 Å². The normalized spacial score (nSPS) is 13.9. The van der Waals surface area contributed by atoms with Crippen molar-refractivity contribution in [2.75, 3.05) is 5.75 Å². The Bertz CT molecular complexity index is 900. The molecule has 1 saturated carbocycles. The van der Waals surface area contributed by atoms with Crippen molar-refractivity contribution in [3.05, 3.63) is 47.0 Å². The van der Waals surface area contributed by atoms with Gasteiger partial charge in [0.25, 0.3) is 0 Å². The van der Waals surface area contributed by atoms with Crippen molar-refractivity contribution in [1.29, 1.82) is 5.26 Å². The van der Waals surface area contributed by atoms with Crippen molar-refractivity contribution in [2.45, 2.75) is 37.0 Å². The molecule has 4 nitrogen and oxygen atoms in total. The minimum Gasteiger partial charge on any atom is -0.353 e. The third kappa shape index (κ3) is 4.80. The lowest BCUT2D eigenvalue weighted by atomic mass is 10.0. The van der Waals surface area contributed by atoms with E-state index in [4.69, 9.17) is 0 Å². The zero-order valence-electron chi connectivity index (χ0n) is 14.4. The van der Waals surface area contributed by atoms with E-state index in [0.717, 1.165) is 36.2 Å². The zero-order valence-corrected chi connectivity index (χ0v) is 15.2. The van der Waals surface area contributed by atoms with Gasteiger partial charge < -0.3 is 5.32 Å². The Balaban J connectivity index is 1.98. The highest BCUT2D eigenvalue weighted by atomic mass is 32.2. The quantitative estimate of drug-likeness (QED) is 0.771. The second-order valence-electron chi connectivity index (χ2n) is 6.34. The molecule has 0 radical (unpaired) electrons. The number of pyridine rings is 1. The molecule has 0 unspecified atom stereocenters. The molecule has 1 fully saturated rings. The fraction of sp³-hybridized carbons (Fsp3) is 0.316. The highest BCUT2D eigenvalue weighted by Gasteiger charge is 2.36. The van der Waals surface area contributed by atoms with Gasteiger partial charge in [-0.2, -0.15) is 18.4 Å². The minimum absolute atomic E-state index is 0.0890. The SMILES string of the molecule is Cc1ccc(-c2cc(C(F)(F)F)c(C#N)c(SCC(=O)NC3CC3)n2)cc1. The van der Waals surface area contributed by atoms with Crippen molar-refractivity contribution in [1.82, 2.24) is 10.3 Å². The summed E-state index contributed by atoms with van der Waals surface area (Å²) >= 11 is 0.846. The first kappa shape index (κ1) is 19.2. The lowest BCUT2D eigenvalue weighted by molar-refractivity contribution is -0.138. The molecular formula is C19H16F3N3OS. The topological polar surface area (TPSA) is 65.8 Å². The van der Waals surface area contributed by atoms with E-state index in [1.54, 1.807) is 30.3 Å². The van der Waals surface area contributed by atoms with Crippen LogP contribution in [0.5, 0.6) is 0 Å². The summed E-state index contributed by atoms with van der Waals surface area (Å²) in [7, 11) is 0. The number of carbonyl (C=O) groups excluding carboxylic acids is 1. The number of nitrogens with one attached hydrogen (secondary N) is 1. The van der Waals surface area contributed by atoms with Gasteiger partial charge in [0, 0.05) is 11.6 Å². The number of nitriles is 1. The Morgan fingerprint density at radius 2 is 2.00 bits per heavy atom. The van der Waals surface area contributed by atoms with Crippen LogP contribution in [0.2, 0.25) is 0 Å². The number of hydrogen-bond acceptors (Lipinski definition) is 4. The monoisotopic (exact) mass is 391 g/mol. The molecular weight excluding hydrogens is 375 g/mol. The number of thioether (sulfide) groups is 1. The van der Waals surface area contributed by atoms with E-state index in [1.807, 2.05) is 6.92 Å². The van der Waals surface area contributed by atoms with Gasteiger partial charge in [0.1, 0.15) is 11.1 Å². The van der Waals surface area contributed by atoms with E-state index < -0.39 is 17.3 Å². The molecule has 0 bridgehead atoms. The van der Waals surface area contributed by atoms with Crippen molar-refractivity contribution < 1.29 is 18.0 Å². The van der Waals surface area contributed by atoms with Gasteiger partial charge in [0.2, 0.25) is 5.91 Å². The molecule has 1 amide bonds. The second-order valence-corrected chi connectivity index (χ2v) is 7.31. The van der Waals surface area contributed by atoms with Gasteiger partial charge in [-0.3, -0.25) is 4.79 Å². The smallest absolute Gasteiger partial charge is 0.353 e. The third-order valence-corrected chi connectivity index (χ3v) is 5.01. The van der Waals surface area contributed by atoms with E-state index in [-0.39, 0.29) is 28.4 Å². The summed E-state index contributed by atoms with van der Waals surface area (Å²) in [5, 5.41) is 12.0. The molecule has 0 saturated heterocycles. The molecule has 0 aliphatic heterocycles. The van der Waals surface area contributed by atoms with Gasteiger partial charge in [-0.15, -0.1) is 0 Å². The van der Waals surface area contributed by atoms with Crippen molar-refractivity contribution in [2.24, 2.45) is 0 Å². The molecule has 0 spiro atoms. The average molecular weight is 391 g/mol. The average Bonchev–Trinajstić information content (AvgIpc) is 3.43. The number of halogens is 3. The summed E-state index contributed by atoms with van der Waals surface area (Å²) < 4.78 is 40.5. The first-order valence-electron chi connectivity index (χ1n) is 8.29. The summed E-state index contributed by atoms with van der Waals surface area (Å²) in [5.41, 5.74) is 0.00402. The third-order valence-electron chi connectivity index (χ3n) is 4.03. The molecule has 8 heteroatoms. The molecule has 1 N–H and O–H groups in total. The van der Waals surface area contributed by atoms with Crippen molar-refractivity contribution >= 4 is 17.7 Å². The van der Waals surface area contributed by atoms with E-state index in [9.17, 15) is 23.2 Å². The van der Waals surface area contributed by atoms with Crippen LogP contribution >= 0.6 is 11.8 Å². The van der Waals surface area contributed by atoms with Crippen molar-refractivity contribution in [3.63, 3.8) is 0 Å². The molecule has 0 atom stereocenters. The summed E-state index contributed by atoms with van der Waals surface area (Å²) in [6.45, 7) is 1.87. The molecule has 1 heterocycles. The van der Waals surface area contributed by atoms with E-state index >= 15 is 0 Å². The van der Waals surface area contributed by atoms with Crippen LogP contribution in [0.3, 0.4) is 0 Å². The largest absolute Gasteiger partial charge is 0.417 e. The summed E-state index contributed by atoms with van der Waals surface area (Å²) in [4.78, 5) is 16.1. The van der Waals surface area contributed by atoms with E-state index in [1.165, 1.54) is 0 Å². The predicted octanol–water partition coefficient (Wildman–Crippen LogP) is 4.32. The van der Waals surface area contributed by atoms with Gasteiger partial charge in [0.05, 0.1) is 22.6 Å². The maximum Gasteiger partial charge on any atom is 0.417 e. The fourth-order valence-corrected chi connectivity index (χ4v) is 3.27. The van der Waals surface area contributed by atoms with Crippen LogP contribution in [0.15, 0.2) is 35.4 Å². The van der Waals surface area contributed by atoms with Crippen molar-refractivity contribution in [3.8, 4) is 17.3 Å². The Labute approximate surface area is 158 Å². The predicted molar refractivity (Wildman–Crippen MR) is 96.0 cm³/mol. The fourth-order valence-electron chi connectivity index (χ4n) is 2.46. The number of alkyl halides is 3. The maximum atomic E-state index is 13.5. The lowest BCUT2D eigenvalue weighted by Crippen LogP contribution is -2.27. The summed E-state index contributed by atoms with van der Waals surface area (Å²) in [6.07, 6.45) is -2.86. The van der Waals surface area contributed by atoms with E-state index in [2.05, 4.69) is 10.3 Å². The standard InChI is InChI=1S/C19H16F3N3OS/c1-11-2-4-12(5-3-11)16-8-15(19(20,21)22)14(9-23)18(25-16)27-10-17(26)24-13-6-7-13/h2-5,8,13H,6-7,10H2,1H3,(H,24,26). The summed E-state index contributed by atoms with van der Waals surface area (Å²) in [6, 6.07) is 9.55. The molecule has 1 aromatic heterocycles. The number of carbonyl (C=O) groups is 1. The highest BCUT2D eigenvalue weighted by molar-refractivity contribution is 8.00. The molecule has 2 aromatic rings. The number of aryl methyl sites for hydroxylation is 1. The number of aromatic nitrogens is 1. The van der Waals surface area contributed by atoms with Crippen LogP contribution < -0.4 is 5.32 Å². The lowest BCUT2D eigenvalue weighted by Gasteiger charge is -2.14. The highest BCUT2D eigenvalue weighted by Crippen LogP contribution is 2.38. The molecule has 3 rings (SSSR count). The molecule has 1 aliphatic rings. The number of rotatable bonds is 5. The molecule has 1 aromatic carbocycles. The number of amides is 1. The first-order valence-corrected chi connectivity index (χ1v) is 9.28. The van der Waals surface area contributed by atoms with Crippen LogP contribution in [0, 0.1) is 18.3 Å². The van der Waals surface area contributed by atoms with E-state index in [0.29, 0.717) is 5.56 Å². The first-order chi connectivity index (χ1) is 12.8. The number of hydrogen-bond donors (Lipinski definition) is 1. The molecule has 1 aliphatic carbocycles.